The van der Waals surface area contributed by atoms with Gasteiger partial charge in [-0.15, -0.1) is 0 Å². The van der Waals surface area contributed by atoms with Gasteiger partial charge in [-0.1, -0.05) is 30.3 Å². The number of fused-ring (bicyclic) bond motifs is 1. The molecule has 0 unspecified atom stereocenters. The smallest absolute Gasteiger partial charge is 0.242 e. The minimum atomic E-state index is -3.68. The molecular weight excluding hydrogens is 452 g/mol. The van der Waals surface area contributed by atoms with Crippen LogP contribution in [0.4, 0.5) is 11.5 Å². The SMILES string of the molecule is O=C([C@H]1CC[C@H](NS(=O)(=O)c2cnc3c(c2)NCCN3)CC1)N1CCNC[C@@H]1c1ccccc1. The Labute approximate surface area is 200 Å². The van der Waals surface area contributed by atoms with Gasteiger partial charge in [0, 0.05) is 50.9 Å². The summed E-state index contributed by atoms with van der Waals surface area (Å²) in [5.41, 5.74) is 1.85. The molecule has 3 aliphatic rings. The van der Waals surface area contributed by atoms with Gasteiger partial charge in [0.15, 0.2) is 0 Å². The zero-order valence-electron chi connectivity index (χ0n) is 19.2. The van der Waals surface area contributed by atoms with Crippen LogP contribution in [0.25, 0.3) is 0 Å². The summed E-state index contributed by atoms with van der Waals surface area (Å²) in [4.78, 5) is 19.8. The molecule has 9 nitrogen and oxygen atoms in total. The summed E-state index contributed by atoms with van der Waals surface area (Å²) in [5.74, 6) is 0.797. The second-order valence-electron chi connectivity index (χ2n) is 9.25. The number of rotatable bonds is 5. The fraction of sp³-hybridized carbons (Fsp3) is 0.500. The van der Waals surface area contributed by atoms with Gasteiger partial charge in [0.2, 0.25) is 15.9 Å². The lowest BCUT2D eigenvalue weighted by Crippen LogP contribution is -2.51. The third-order valence-corrected chi connectivity index (χ3v) is 8.50. The van der Waals surface area contributed by atoms with Gasteiger partial charge in [-0.2, -0.15) is 0 Å². The molecule has 2 aliphatic heterocycles. The predicted molar refractivity (Wildman–Crippen MR) is 131 cm³/mol. The Balaban J connectivity index is 1.20. The second kappa shape index (κ2) is 9.89. The topological polar surface area (TPSA) is 115 Å². The zero-order valence-corrected chi connectivity index (χ0v) is 20.0. The first-order valence-corrected chi connectivity index (χ1v) is 13.6. The summed E-state index contributed by atoms with van der Waals surface area (Å²) in [6.07, 6.45) is 4.06. The van der Waals surface area contributed by atoms with E-state index in [1.807, 2.05) is 23.1 Å². The molecule has 2 fully saturated rings. The van der Waals surface area contributed by atoms with Crippen LogP contribution >= 0.6 is 0 Å². The summed E-state index contributed by atoms with van der Waals surface area (Å²) in [5, 5.41) is 9.73. The lowest BCUT2D eigenvalue weighted by Gasteiger charge is -2.40. The van der Waals surface area contributed by atoms with Crippen molar-refractivity contribution in [3.05, 3.63) is 48.2 Å². The molecule has 1 aliphatic carbocycles. The van der Waals surface area contributed by atoms with Crippen LogP contribution in [0.5, 0.6) is 0 Å². The number of nitrogens with one attached hydrogen (secondary N) is 4. The molecule has 0 bridgehead atoms. The largest absolute Gasteiger partial charge is 0.380 e. The van der Waals surface area contributed by atoms with E-state index in [1.54, 1.807) is 6.07 Å². The van der Waals surface area contributed by atoms with E-state index in [9.17, 15) is 13.2 Å². The molecule has 3 heterocycles. The number of carbonyl (C=O) groups is 1. The third-order valence-electron chi connectivity index (χ3n) is 7.01. The van der Waals surface area contributed by atoms with Gasteiger partial charge in [0.05, 0.1) is 11.7 Å². The summed E-state index contributed by atoms with van der Waals surface area (Å²) < 4.78 is 28.8. The normalized spacial score (nSPS) is 25.1. The van der Waals surface area contributed by atoms with E-state index in [-0.39, 0.29) is 28.8 Å². The summed E-state index contributed by atoms with van der Waals surface area (Å²) in [6, 6.07) is 11.6. The van der Waals surface area contributed by atoms with Crippen LogP contribution in [0.2, 0.25) is 0 Å². The highest BCUT2D eigenvalue weighted by atomic mass is 32.2. The van der Waals surface area contributed by atoms with Crippen LogP contribution < -0.4 is 20.7 Å². The van der Waals surface area contributed by atoms with Crippen molar-refractivity contribution in [3.63, 3.8) is 0 Å². The van der Waals surface area contributed by atoms with Crippen LogP contribution in [-0.2, 0) is 14.8 Å². The minimum absolute atomic E-state index is 0.0401. The average molecular weight is 485 g/mol. The van der Waals surface area contributed by atoms with Crippen LogP contribution in [0.3, 0.4) is 0 Å². The Hall–Kier alpha value is -2.69. The molecular formula is C24H32N6O3S. The quantitative estimate of drug-likeness (QED) is 0.513. The van der Waals surface area contributed by atoms with Crippen LogP contribution in [0.1, 0.15) is 37.3 Å². The Morgan fingerprint density at radius 2 is 1.79 bits per heavy atom. The molecule has 1 amide bonds. The Kier molecular flexibility index (Phi) is 6.71. The number of piperazine rings is 1. The number of hydrogen-bond donors (Lipinski definition) is 4. The molecule has 1 atom stereocenters. The highest BCUT2D eigenvalue weighted by Gasteiger charge is 2.35. The van der Waals surface area contributed by atoms with E-state index >= 15 is 0 Å². The Bertz CT molecular complexity index is 1120. The summed E-state index contributed by atoms with van der Waals surface area (Å²) in [7, 11) is -3.68. The minimum Gasteiger partial charge on any atom is -0.380 e. The van der Waals surface area contributed by atoms with Crippen molar-refractivity contribution in [1.29, 1.82) is 0 Å². The molecule has 4 N–H and O–H groups in total. The van der Waals surface area contributed by atoms with Crippen molar-refractivity contribution in [2.24, 2.45) is 5.92 Å². The molecule has 34 heavy (non-hydrogen) atoms. The standard InChI is InChI=1S/C24H32N6O3S/c31-24(30-13-12-25-16-22(30)17-4-2-1-3-5-17)18-6-8-19(9-7-18)29-34(32,33)20-14-21-23(28-15-20)27-11-10-26-21/h1-5,14-15,18-19,22,25-26,29H,6-13,16H2,(H,27,28)/t18-,19-,22-/m1/s1. The predicted octanol–water partition coefficient (Wildman–Crippen LogP) is 1.93. The lowest BCUT2D eigenvalue weighted by atomic mass is 9.85. The van der Waals surface area contributed by atoms with Crippen molar-refractivity contribution < 1.29 is 13.2 Å². The highest BCUT2D eigenvalue weighted by molar-refractivity contribution is 7.89. The molecule has 0 radical (unpaired) electrons. The first-order valence-electron chi connectivity index (χ1n) is 12.1. The maximum atomic E-state index is 13.4. The van der Waals surface area contributed by atoms with E-state index in [2.05, 4.69) is 37.8 Å². The molecule has 1 aromatic carbocycles. The zero-order chi connectivity index (χ0) is 23.5. The number of benzene rings is 1. The maximum Gasteiger partial charge on any atom is 0.242 e. The van der Waals surface area contributed by atoms with Crippen LogP contribution in [-0.4, -0.2) is 63.0 Å². The second-order valence-corrected chi connectivity index (χ2v) is 11.0. The fourth-order valence-electron chi connectivity index (χ4n) is 5.17. The fourth-order valence-corrected chi connectivity index (χ4v) is 6.44. The number of aromatic nitrogens is 1. The molecule has 10 heteroatoms. The number of nitrogens with zero attached hydrogens (tertiary/aromatic N) is 2. The van der Waals surface area contributed by atoms with Crippen molar-refractivity contribution in [2.45, 2.75) is 42.7 Å². The Morgan fingerprint density at radius 1 is 1.03 bits per heavy atom. The van der Waals surface area contributed by atoms with Gasteiger partial charge in [0.1, 0.15) is 10.7 Å². The molecule has 2 aromatic rings. The van der Waals surface area contributed by atoms with Gasteiger partial charge >= 0.3 is 0 Å². The van der Waals surface area contributed by atoms with Crippen molar-refractivity contribution >= 4 is 27.4 Å². The number of anilines is 2. The van der Waals surface area contributed by atoms with Crippen LogP contribution in [0, 0.1) is 5.92 Å². The van der Waals surface area contributed by atoms with E-state index < -0.39 is 10.0 Å². The molecule has 1 saturated carbocycles. The van der Waals surface area contributed by atoms with Gasteiger partial charge in [-0.25, -0.2) is 18.1 Å². The number of pyridine rings is 1. The number of hydrogen-bond acceptors (Lipinski definition) is 7. The van der Waals surface area contributed by atoms with E-state index in [1.165, 1.54) is 6.20 Å². The van der Waals surface area contributed by atoms with Gasteiger partial charge in [-0.3, -0.25) is 4.79 Å². The highest BCUT2D eigenvalue weighted by Crippen LogP contribution is 2.31. The summed E-state index contributed by atoms with van der Waals surface area (Å²) >= 11 is 0. The molecule has 5 rings (SSSR count). The van der Waals surface area contributed by atoms with Gasteiger partial charge in [0.25, 0.3) is 0 Å². The molecule has 1 saturated heterocycles. The van der Waals surface area contributed by atoms with Crippen molar-refractivity contribution in [3.8, 4) is 0 Å². The molecule has 0 spiro atoms. The first-order chi connectivity index (χ1) is 16.5. The molecule has 182 valence electrons. The number of sulfonamides is 1. The Morgan fingerprint density at radius 3 is 2.59 bits per heavy atom. The van der Waals surface area contributed by atoms with Gasteiger partial charge < -0.3 is 20.9 Å². The first kappa shape index (κ1) is 23.1. The summed E-state index contributed by atoms with van der Waals surface area (Å²) in [6.45, 7) is 3.72. The average Bonchev–Trinajstić information content (AvgIpc) is 2.89. The van der Waals surface area contributed by atoms with E-state index in [0.717, 1.165) is 31.7 Å². The molecule has 1 aromatic heterocycles. The lowest BCUT2D eigenvalue weighted by molar-refractivity contribution is -0.140. The number of carbonyl (C=O) groups excluding carboxylic acids is 1. The van der Waals surface area contributed by atoms with Crippen molar-refractivity contribution in [1.82, 2.24) is 19.9 Å². The maximum absolute atomic E-state index is 13.4. The van der Waals surface area contributed by atoms with Crippen molar-refractivity contribution in [2.75, 3.05) is 43.4 Å². The van der Waals surface area contributed by atoms with Gasteiger partial charge in [-0.05, 0) is 37.3 Å². The third kappa shape index (κ3) is 4.89. The van der Waals surface area contributed by atoms with Crippen LogP contribution in [0.15, 0.2) is 47.5 Å². The number of amides is 1. The van der Waals surface area contributed by atoms with E-state index in [4.69, 9.17) is 0 Å². The van der Waals surface area contributed by atoms with E-state index in [0.29, 0.717) is 43.7 Å². The monoisotopic (exact) mass is 484 g/mol.